The van der Waals surface area contributed by atoms with Crippen LogP contribution < -0.4 is 4.74 Å². The van der Waals surface area contributed by atoms with Crippen molar-refractivity contribution in [3.8, 4) is 5.75 Å². The van der Waals surface area contributed by atoms with Crippen LogP contribution in [-0.2, 0) is 0 Å². The molecule has 0 aromatic heterocycles. The quantitative estimate of drug-likeness (QED) is 0.690. The molecule has 2 aromatic carbocycles. The van der Waals surface area contributed by atoms with E-state index in [-0.39, 0.29) is 17.1 Å². The third kappa shape index (κ3) is 3.43. The molecule has 2 heteroatoms. The van der Waals surface area contributed by atoms with Crippen molar-refractivity contribution in [2.45, 2.75) is 26.2 Å². The Morgan fingerprint density at radius 3 is 2.50 bits per heavy atom. The number of methoxy groups -OCH3 is 1. The van der Waals surface area contributed by atoms with Crippen molar-refractivity contribution in [2.75, 3.05) is 7.11 Å². The van der Waals surface area contributed by atoms with Gasteiger partial charge in [-0.2, -0.15) is 0 Å². The van der Waals surface area contributed by atoms with Crippen LogP contribution in [0.5, 0.6) is 5.75 Å². The van der Waals surface area contributed by atoms with Crippen LogP contribution in [0.3, 0.4) is 0 Å². The van der Waals surface area contributed by atoms with Gasteiger partial charge in [0.05, 0.1) is 7.11 Å². The molecule has 1 fully saturated rings. The fourth-order valence-corrected chi connectivity index (χ4v) is 3.63. The molecule has 124 valence electrons. The van der Waals surface area contributed by atoms with Gasteiger partial charge in [0.15, 0.2) is 5.78 Å². The van der Waals surface area contributed by atoms with Crippen molar-refractivity contribution in [1.29, 1.82) is 0 Å². The van der Waals surface area contributed by atoms with Gasteiger partial charge in [-0.15, -0.1) is 0 Å². The third-order valence-electron chi connectivity index (χ3n) is 5.15. The lowest BCUT2D eigenvalue weighted by atomic mass is 9.75. The summed E-state index contributed by atoms with van der Waals surface area (Å²) in [5.41, 5.74) is 1.88. The number of carbonyl (C=O) groups is 1. The van der Waals surface area contributed by atoms with Crippen LogP contribution in [0.2, 0.25) is 0 Å². The van der Waals surface area contributed by atoms with Gasteiger partial charge < -0.3 is 4.74 Å². The number of benzene rings is 2. The first-order valence-corrected chi connectivity index (χ1v) is 8.55. The van der Waals surface area contributed by atoms with Gasteiger partial charge in [-0.3, -0.25) is 4.79 Å². The molecule has 2 aromatic rings. The van der Waals surface area contributed by atoms with Crippen molar-refractivity contribution in [3.05, 3.63) is 71.8 Å². The Kier molecular flexibility index (Phi) is 4.84. The van der Waals surface area contributed by atoms with Gasteiger partial charge in [0.25, 0.3) is 0 Å². The summed E-state index contributed by atoms with van der Waals surface area (Å²) in [6.45, 7) is 2.21. The SMILES string of the molecule is COc1ccc(/C=C/[C@@]2(C)CCC[C@H]2C(=O)c2ccccc2)cc1. The fourth-order valence-electron chi connectivity index (χ4n) is 3.63. The molecule has 3 rings (SSSR count). The summed E-state index contributed by atoms with van der Waals surface area (Å²) < 4.78 is 5.20. The van der Waals surface area contributed by atoms with Crippen LogP contribution in [0.25, 0.3) is 6.08 Å². The first-order chi connectivity index (χ1) is 11.6. The highest BCUT2D eigenvalue weighted by molar-refractivity contribution is 5.98. The van der Waals surface area contributed by atoms with Gasteiger partial charge >= 0.3 is 0 Å². The Morgan fingerprint density at radius 1 is 1.12 bits per heavy atom. The summed E-state index contributed by atoms with van der Waals surface area (Å²) in [7, 11) is 1.67. The number of hydrogen-bond donors (Lipinski definition) is 0. The maximum Gasteiger partial charge on any atom is 0.166 e. The number of hydrogen-bond acceptors (Lipinski definition) is 2. The monoisotopic (exact) mass is 320 g/mol. The van der Waals surface area contributed by atoms with E-state index in [2.05, 4.69) is 19.1 Å². The van der Waals surface area contributed by atoms with E-state index in [1.54, 1.807) is 7.11 Å². The Hall–Kier alpha value is -2.35. The average molecular weight is 320 g/mol. The summed E-state index contributed by atoms with van der Waals surface area (Å²) in [4.78, 5) is 12.9. The number of ether oxygens (including phenoxy) is 1. The van der Waals surface area contributed by atoms with Crippen molar-refractivity contribution < 1.29 is 9.53 Å². The molecule has 0 spiro atoms. The van der Waals surface area contributed by atoms with E-state index in [1.807, 2.05) is 54.6 Å². The van der Waals surface area contributed by atoms with Crippen LogP contribution in [0.15, 0.2) is 60.7 Å². The smallest absolute Gasteiger partial charge is 0.166 e. The lowest BCUT2D eigenvalue weighted by Gasteiger charge is -2.27. The number of rotatable bonds is 5. The summed E-state index contributed by atoms with van der Waals surface area (Å²) in [6.07, 6.45) is 7.50. The largest absolute Gasteiger partial charge is 0.497 e. The highest BCUT2D eigenvalue weighted by Crippen LogP contribution is 2.46. The molecule has 0 aliphatic heterocycles. The van der Waals surface area contributed by atoms with Gasteiger partial charge in [0.2, 0.25) is 0 Å². The van der Waals surface area contributed by atoms with Crippen molar-refractivity contribution in [2.24, 2.45) is 11.3 Å². The van der Waals surface area contributed by atoms with E-state index < -0.39 is 0 Å². The van der Waals surface area contributed by atoms with Gasteiger partial charge in [-0.05, 0) is 36.0 Å². The summed E-state index contributed by atoms with van der Waals surface area (Å²) in [5.74, 6) is 1.20. The van der Waals surface area contributed by atoms with Gasteiger partial charge in [0, 0.05) is 11.5 Å². The minimum Gasteiger partial charge on any atom is -0.497 e. The highest BCUT2D eigenvalue weighted by Gasteiger charge is 2.41. The number of allylic oxidation sites excluding steroid dienone is 1. The minimum absolute atomic E-state index is 0.0643. The second kappa shape index (κ2) is 7.04. The summed E-state index contributed by atoms with van der Waals surface area (Å²) >= 11 is 0. The summed E-state index contributed by atoms with van der Waals surface area (Å²) in [5, 5.41) is 0. The van der Waals surface area contributed by atoms with Crippen molar-refractivity contribution in [3.63, 3.8) is 0 Å². The van der Waals surface area contributed by atoms with E-state index in [1.165, 1.54) is 0 Å². The maximum atomic E-state index is 12.9. The van der Waals surface area contributed by atoms with E-state index in [4.69, 9.17) is 4.74 Å². The third-order valence-corrected chi connectivity index (χ3v) is 5.15. The standard InChI is InChI=1S/C22H24O2/c1-22(16-14-17-10-12-19(24-2)13-11-17)15-6-9-20(22)21(23)18-7-4-3-5-8-18/h3-5,7-8,10-14,16,20H,6,9,15H2,1-2H3/b16-14+/t20-,22+/m0/s1. The second-order valence-corrected chi connectivity index (χ2v) is 6.79. The molecule has 1 aliphatic carbocycles. The molecule has 0 bridgehead atoms. The molecule has 2 atom stereocenters. The van der Waals surface area contributed by atoms with E-state index in [9.17, 15) is 4.79 Å². The zero-order chi connectivity index (χ0) is 17.0. The molecule has 0 saturated heterocycles. The molecule has 1 saturated carbocycles. The average Bonchev–Trinajstić information content (AvgIpc) is 3.02. The van der Waals surface area contributed by atoms with E-state index >= 15 is 0 Å². The van der Waals surface area contributed by atoms with Crippen molar-refractivity contribution in [1.82, 2.24) is 0 Å². The Bertz CT molecular complexity index is 715. The molecule has 0 heterocycles. The first kappa shape index (κ1) is 16.5. The first-order valence-electron chi connectivity index (χ1n) is 8.55. The molecule has 0 amide bonds. The molecule has 2 nitrogen and oxygen atoms in total. The van der Waals surface area contributed by atoms with Crippen LogP contribution in [0, 0.1) is 11.3 Å². The molecular weight excluding hydrogens is 296 g/mol. The molecular formula is C22H24O2. The number of Topliss-reactive ketones (excluding diaryl/α,β-unsaturated/α-hetero) is 1. The van der Waals surface area contributed by atoms with E-state index in [0.29, 0.717) is 0 Å². The molecule has 0 radical (unpaired) electrons. The Balaban J connectivity index is 1.79. The van der Waals surface area contributed by atoms with E-state index in [0.717, 1.165) is 36.1 Å². The minimum atomic E-state index is -0.0765. The van der Waals surface area contributed by atoms with Crippen LogP contribution in [0.4, 0.5) is 0 Å². The predicted octanol–water partition coefficient (Wildman–Crippen LogP) is 5.40. The molecule has 1 aliphatic rings. The molecule has 0 N–H and O–H groups in total. The molecule has 0 unspecified atom stereocenters. The van der Waals surface area contributed by atoms with Gasteiger partial charge in [0.1, 0.15) is 5.75 Å². The van der Waals surface area contributed by atoms with Crippen molar-refractivity contribution >= 4 is 11.9 Å². The second-order valence-electron chi connectivity index (χ2n) is 6.79. The topological polar surface area (TPSA) is 26.3 Å². The zero-order valence-corrected chi connectivity index (χ0v) is 14.4. The number of ketones is 1. The zero-order valence-electron chi connectivity index (χ0n) is 14.4. The lowest BCUT2D eigenvalue weighted by Crippen LogP contribution is -2.27. The lowest BCUT2D eigenvalue weighted by molar-refractivity contribution is 0.0861. The predicted molar refractivity (Wildman–Crippen MR) is 98.2 cm³/mol. The maximum absolute atomic E-state index is 12.9. The number of carbonyl (C=O) groups excluding carboxylic acids is 1. The highest BCUT2D eigenvalue weighted by atomic mass is 16.5. The van der Waals surface area contributed by atoms with Crippen LogP contribution in [0.1, 0.15) is 42.1 Å². The van der Waals surface area contributed by atoms with Gasteiger partial charge in [-0.1, -0.05) is 68.0 Å². The van der Waals surface area contributed by atoms with Crippen LogP contribution in [-0.4, -0.2) is 12.9 Å². The Labute approximate surface area is 144 Å². The molecule has 24 heavy (non-hydrogen) atoms. The summed E-state index contributed by atoms with van der Waals surface area (Å²) in [6, 6.07) is 17.7. The van der Waals surface area contributed by atoms with Crippen LogP contribution >= 0.6 is 0 Å². The Morgan fingerprint density at radius 2 is 1.83 bits per heavy atom. The van der Waals surface area contributed by atoms with Gasteiger partial charge in [-0.25, -0.2) is 0 Å². The fraction of sp³-hybridized carbons (Fsp3) is 0.318. The normalized spacial score (nSPS) is 23.5.